The zero-order chi connectivity index (χ0) is 14.4. The Balaban J connectivity index is 1.83. The molecule has 0 spiro atoms. The summed E-state index contributed by atoms with van der Waals surface area (Å²) in [4.78, 5) is 4.69. The molecule has 0 bridgehead atoms. The van der Waals surface area contributed by atoms with Crippen molar-refractivity contribution in [1.29, 1.82) is 0 Å². The van der Waals surface area contributed by atoms with Crippen molar-refractivity contribution in [2.24, 2.45) is 5.92 Å². The van der Waals surface area contributed by atoms with E-state index >= 15 is 0 Å². The van der Waals surface area contributed by atoms with E-state index in [4.69, 9.17) is 4.98 Å². The molecule has 20 heavy (non-hydrogen) atoms. The van der Waals surface area contributed by atoms with Crippen LogP contribution in [0.15, 0.2) is 36.4 Å². The van der Waals surface area contributed by atoms with Crippen molar-refractivity contribution in [3.8, 4) is 0 Å². The van der Waals surface area contributed by atoms with Crippen molar-refractivity contribution in [2.45, 2.75) is 52.6 Å². The van der Waals surface area contributed by atoms with E-state index in [0.29, 0.717) is 6.04 Å². The normalized spacial score (nSPS) is 13.0. The fourth-order valence-corrected chi connectivity index (χ4v) is 2.42. The third-order valence-electron chi connectivity index (χ3n) is 3.71. The molecule has 0 saturated heterocycles. The molecule has 1 aromatic carbocycles. The number of fused-ring (bicyclic) bond motifs is 1. The topological polar surface area (TPSA) is 24.9 Å². The van der Waals surface area contributed by atoms with Gasteiger partial charge in [0.2, 0.25) is 0 Å². The summed E-state index contributed by atoms with van der Waals surface area (Å²) in [5.74, 6) is 0.810. The van der Waals surface area contributed by atoms with Gasteiger partial charge >= 0.3 is 0 Å². The average Bonchev–Trinajstić information content (AvgIpc) is 2.44. The smallest absolute Gasteiger partial charge is 0.0705 e. The van der Waals surface area contributed by atoms with E-state index in [1.807, 2.05) is 6.07 Å². The van der Waals surface area contributed by atoms with Gasteiger partial charge in [-0.1, -0.05) is 51.0 Å². The summed E-state index contributed by atoms with van der Waals surface area (Å²) >= 11 is 0. The predicted octanol–water partition coefficient (Wildman–Crippen LogP) is 4.54. The molecule has 0 amide bonds. The lowest BCUT2D eigenvalue weighted by Gasteiger charge is -2.14. The maximum absolute atomic E-state index is 4.69. The SMILES string of the molecule is CC(C)CCCC(C)NCc1ccc2ccccc2n1. The van der Waals surface area contributed by atoms with Gasteiger partial charge in [0.05, 0.1) is 11.2 Å². The van der Waals surface area contributed by atoms with Crippen molar-refractivity contribution in [3.63, 3.8) is 0 Å². The van der Waals surface area contributed by atoms with Crippen LogP contribution in [0.3, 0.4) is 0 Å². The Bertz CT molecular complexity index is 534. The van der Waals surface area contributed by atoms with E-state index in [1.54, 1.807) is 0 Å². The summed E-state index contributed by atoms with van der Waals surface area (Å²) in [5, 5.41) is 4.78. The minimum absolute atomic E-state index is 0.557. The molecule has 108 valence electrons. The average molecular weight is 270 g/mol. The number of nitrogens with zero attached hydrogens (tertiary/aromatic N) is 1. The van der Waals surface area contributed by atoms with Gasteiger partial charge in [-0.05, 0) is 31.4 Å². The standard InChI is InChI=1S/C18H26N2/c1-14(2)7-6-8-15(3)19-13-17-12-11-16-9-4-5-10-18(16)20-17/h4-5,9-12,14-15,19H,6-8,13H2,1-3H3. The quantitative estimate of drug-likeness (QED) is 0.799. The van der Waals surface area contributed by atoms with Gasteiger partial charge in [-0.25, -0.2) is 0 Å². The van der Waals surface area contributed by atoms with Gasteiger partial charge in [0.1, 0.15) is 0 Å². The number of hydrogen-bond donors (Lipinski definition) is 1. The van der Waals surface area contributed by atoms with Crippen molar-refractivity contribution < 1.29 is 0 Å². The van der Waals surface area contributed by atoms with Gasteiger partial charge < -0.3 is 5.32 Å². The van der Waals surface area contributed by atoms with Gasteiger partial charge in [0, 0.05) is 18.0 Å². The van der Waals surface area contributed by atoms with Gasteiger partial charge in [0.15, 0.2) is 0 Å². The summed E-state index contributed by atoms with van der Waals surface area (Å²) in [5.41, 5.74) is 2.21. The van der Waals surface area contributed by atoms with Gasteiger partial charge in [-0.15, -0.1) is 0 Å². The van der Waals surface area contributed by atoms with Crippen LogP contribution in [0.25, 0.3) is 10.9 Å². The zero-order valence-corrected chi connectivity index (χ0v) is 12.9. The first-order chi connectivity index (χ1) is 9.65. The van der Waals surface area contributed by atoms with Crippen LogP contribution in [0.4, 0.5) is 0 Å². The molecule has 1 aromatic heterocycles. The first-order valence-corrected chi connectivity index (χ1v) is 7.73. The summed E-state index contributed by atoms with van der Waals surface area (Å²) in [7, 11) is 0. The Morgan fingerprint density at radius 3 is 2.60 bits per heavy atom. The van der Waals surface area contributed by atoms with Crippen LogP contribution in [0.5, 0.6) is 0 Å². The number of hydrogen-bond acceptors (Lipinski definition) is 2. The second kappa shape index (κ2) is 7.39. The second-order valence-electron chi connectivity index (χ2n) is 6.10. The highest BCUT2D eigenvalue weighted by Crippen LogP contribution is 2.12. The van der Waals surface area contributed by atoms with Crippen LogP contribution < -0.4 is 5.32 Å². The fourth-order valence-electron chi connectivity index (χ4n) is 2.42. The molecule has 2 nitrogen and oxygen atoms in total. The molecule has 2 rings (SSSR count). The molecule has 0 radical (unpaired) electrons. The molecule has 1 atom stereocenters. The number of para-hydroxylation sites is 1. The van der Waals surface area contributed by atoms with E-state index < -0.39 is 0 Å². The van der Waals surface area contributed by atoms with E-state index in [0.717, 1.165) is 23.7 Å². The molecule has 1 unspecified atom stereocenters. The molecular weight excluding hydrogens is 244 g/mol. The predicted molar refractivity (Wildman–Crippen MR) is 86.7 cm³/mol. The van der Waals surface area contributed by atoms with Crippen molar-refractivity contribution in [1.82, 2.24) is 10.3 Å². The molecule has 0 aliphatic heterocycles. The summed E-state index contributed by atoms with van der Waals surface area (Å²) in [6, 6.07) is 13.1. The van der Waals surface area contributed by atoms with Gasteiger partial charge in [-0.2, -0.15) is 0 Å². The lowest BCUT2D eigenvalue weighted by molar-refractivity contribution is 0.455. The Kier molecular flexibility index (Phi) is 5.54. The van der Waals surface area contributed by atoms with E-state index in [2.05, 4.69) is 56.4 Å². The van der Waals surface area contributed by atoms with Gasteiger partial charge in [0.25, 0.3) is 0 Å². The van der Waals surface area contributed by atoms with Crippen LogP contribution in [0.2, 0.25) is 0 Å². The summed E-state index contributed by atoms with van der Waals surface area (Å²) < 4.78 is 0. The highest BCUT2D eigenvalue weighted by atomic mass is 14.9. The molecule has 1 N–H and O–H groups in total. The van der Waals surface area contributed by atoms with Gasteiger partial charge in [-0.3, -0.25) is 4.98 Å². The third kappa shape index (κ3) is 4.61. The molecule has 0 fully saturated rings. The van der Waals surface area contributed by atoms with E-state index in [-0.39, 0.29) is 0 Å². The maximum Gasteiger partial charge on any atom is 0.0705 e. The third-order valence-corrected chi connectivity index (χ3v) is 3.71. The molecule has 0 saturated carbocycles. The van der Waals surface area contributed by atoms with Crippen LogP contribution >= 0.6 is 0 Å². The summed E-state index contributed by atoms with van der Waals surface area (Å²) in [6.45, 7) is 7.70. The molecule has 2 heteroatoms. The molecule has 0 aliphatic rings. The highest BCUT2D eigenvalue weighted by molar-refractivity contribution is 5.78. The number of benzene rings is 1. The Hall–Kier alpha value is -1.41. The minimum Gasteiger partial charge on any atom is -0.309 e. The largest absolute Gasteiger partial charge is 0.309 e. The number of nitrogens with one attached hydrogen (secondary N) is 1. The first-order valence-electron chi connectivity index (χ1n) is 7.73. The maximum atomic E-state index is 4.69. The second-order valence-corrected chi connectivity index (χ2v) is 6.10. The van der Waals surface area contributed by atoms with E-state index in [9.17, 15) is 0 Å². The number of rotatable bonds is 7. The van der Waals surface area contributed by atoms with Crippen LogP contribution in [0.1, 0.15) is 45.7 Å². The van der Waals surface area contributed by atoms with Crippen molar-refractivity contribution in [3.05, 3.63) is 42.1 Å². The fraction of sp³-hybridized carbons (Fsp3) is 0.500. The zero-order valence-electron chi connectivity index (χ0n) is 12.9. The minimum atomic E-state index is 0.557. The molecule has 2 aromatic rings. The van der Waals surface area contributed by atoms with Crippen LogP contribution in [-0.2, 0) is 6.54 Å². The highest BCUT2D eigenvalue weighted by Gasteiger charge is 2.04. The summed E-state index contributed by atoms with van der Waals surface area (Å²) in [6.07, 6.45) is 3.86. The van der Waals surface area contributed by atoms with E-state index in [1.165, 1.54) is 24.6 Å². The first kappa shape index (κ1) is 15.0. The Morgan fingerprint density at radius 1 is 1.00 bits per heavy atom. The van der Waals surface area contributed by atoms with Crippen LogP contribution in [0, 0.1) is 5.92 Å². The molecular formula is C18H26N2. The van der Waals surface area contributed by atoms with Crippen molar-refractivity contribution in [2.75, 3.05) is 0 Å². The Labute approximate surface area is 122 Å². The molecule has 1 heterocycles. The lowest BCUT2D eigenvalue weighted by atomic mass is 10.0. The number of pyridine rings is 1. The van der Waals surface area contributed by atoms with Crippen LogP contribution in [-0.4, -0.2) is 11.0 Å². The Morgan fingerprint density at radius 2 is 1.80 bits per heavy atom. The lowest BCUT2D eigenvalue weighted by Crippen LogP contribution is -2.25. The monoisotopic (exact) mass is 270 g/mol. The molecule has 0 aliphatic carbocycles. The number of aromatic nitrogens is 1. The van der Waals surface area contributed by atoms with Crippen molar-refractivity contribution >= 4 is 10.9 Å².